The highest BCUT2D eigenvalue weighted by Crippen LogP contribution is 2.28. The first-order valence-corrected chi connectivity index (χ1v) is 13.0. The zero-order valence-corrected chi connectivity index (χ0v) is 26.2. The lowest BCUT2D eigenvalue weighted by Gasteiger charge is -2.13. The number of benzene rings is 2. The van der Waals surface area contributed by atoms with Gasteiger partial charge in [0.15, 0.2) is 12.4 Å². The monoisotopic (exact) mass is 729 g/mol. The molecule has 14 nitrogen and oxygen atoms in total. The van der Waals surface area contributed by atoms with Gasteiger partial charge < -0.3 is 39.2 Å². The van der Waals surface area contributed by atoms with Crippen LogP contribution in [0.25, 0.3) is 0 Å². The third-order valence-corrected chi connectivity index (χ3v) is 6.04. The molecule has 4 aromatic rings. The third kappa shape index (κ3) is 10.4. The van der Waals surface area contributed by atoms with Crippen molar-refractivity contribution in [1.82, 2.24) is 4.98 Å². The molecule has 0 saturated carbocycles. The van der Waals surface area contributed by atoms with Gasteiger partial charge in [0, 0.05) is 30.6 Å². The van der Waals surface area contributed by atoms with Crippen molar-refractivity contribution in [3.05, 3.63) is 140 Å². The summed E-state index contributed by atoms with van der Waals surface area (Å²) >= 11 is 0. The Hall–Kier alpha value is -5.32. The number of nitro benzene ring substituents is 2. The third-order valence-electron chi connectivity index (χ3n) is 6.04. The van der Waals surface area contributed by atoms with Gasteiger partial charge >= 0.3 is 11.9 Å². The molecule has 0 aliphatic rings. The molecule has 2 unspecified atom stereocenters. The van der Waals surface area contributed by atoms with E-state index in [0.29, 0.717) is 16.7 Å². The van der Waals surface area contributed by atoms with Gasteiger partial charge in [-0.25, -0.2) is 9.59 Å². The van der Waals surface area contributed by atoms with Crippen molar-refractivity contribution >= 4 is 29.2 Å². The maximum atomic E-state index is 12.2. The second-order valence-corrected chi connectivity index (χ2v) is 9.20. The van der Waals surface area contributed by atoms with E-state index in [1.165, 1.54) is 41.2 Å². The minimum absolute atomic E-state index is 0. The lowest BCUT2D eigenvalue weighted by Crippen LogP contribution is -3.00. The Morgan fingerprint density at radius 3 is 1.76 bits per heavy atom. The van der Waals surface area contributed by atoms with Crippen LogP contribution in [0, 0.1) is 20.2 Å². The number of carbonyl (C=O) groups excluding carboxylic acids is 3. The van der Waals surface area contributed by atoms with Crippen LogP contribution in [0.4, 0.5) is 11.4 Å². The lowest BCUT2D eigenvalue weighted by molar-refractivity contribution is -0.684. The molecule has 4 rings (SSSR count). The molecule has 2 atom stereocenters. The van der Waals surface area contributed by atoms with E-state index in [0.717, 1.165) is 0 Å². The molecule has 2 N–H and O–H groups in total. The molecule has 0 radical (unpaired) electrons. The molecule has 15 heteroatoms. The molecule has 0 bridgehead atoms. The summed E-state index contributed by atoms with van der Waals surface area (Å²) in [5, 5.41) is 22.0. The maximum absolute atomic E-state index is 12.2. The molecule has 0 fully saturated rings. The standard InChI is InChI=1S/C16H15N3O5.C14H12N2O4.HI/c1-11(13-6-2-3-7-14(13)19(22)23)24-16(21)12-5-4-8-18(9-12)10-15(17)20;1-10(12-6-2-3-7-13(12)16(18)19)20-14(17)11-5-4-8-15-9-11;/h2-9,11H,10H2,1H3,(H-,17,20);2-10H,1H3;1H. The summed E-state index contributed by atoms with van der Waals surface area (Å²) in [6.45, 7) is 3.08. The van der Waals surface area contributed by atoms with Crippen LogP contribution < -0.4 is 34.3 Å². The van der Waals surface area contributed by atoms with Crippen molar-refractivity contribution in [2.75, 3.05) is 0 Å². The highest BCUT2D eigenvalue weighted by Gasteiger charge is 2.24. The van der Waals surface area contributed by atoms with E-state index in [1.807, 2.05) is 0 Å². The first-order valence-electron chi connectivity index (χ1n) is 13.0. The zero-order valence-electron chi connectivity index (χ0n) is 24.0. The predicted octanol–water partition coefficient (Wildman–Crippen LogP) is 1.20. The van der Waals surface area contributed by atoms with Crippen LogP contribution in [0.15, 0.2) is 97.6 Å². The molecule has 234 valence electrons. The van der Waals surface area contributed by atoms with E-state index < -0.39 is 39.9 Å². The number of hydrogen-bond donors (Lipinski definition) is 1. The van der Waals surface area contributed by atoms with Crippen molar-refractivity contribution in [3.8, 4) is 0 Å². The Morgan fingerprint density at radius 2 is 1.29 bits per heavy atom. The fraction of sp³-hybridized carbons (Fsp3) is 0.167. The quantitative estimate of drug-likeness (QED) is 0.0814. The van der Waals surface area contributed by atoms with Crippen LogP contribution in [0.2, 0.25) is 0 Å². The number of nitro groups is 2. The summed E-state index contributed by atoms with van der Waals surface area (Å²) in [5.74, 6) is -1.76. The number of nitrogens with two attached hydrogens (primary N) is 1. The minimum atomic E-state index is -0.802. The number of carbonyl (C=O) groups is 3. The summed E-state index contributed by atoms with van der Waals surface area (Å²) in [7, 11) is 0. The van der Waals surface area contributed by atoms with Crippen LogP contribution in [-0.2, 0) is 20.8 Å². The van der Waals surface area contributed by atoms with Crippen LogP contribution >= 0.6 is 0 Å². The number of pyridine rings is 2. The fourth-order valence-electron chi connectivity index (χ4n) is 3.98. The van der Waals surface area contributed by atoms with Gasteiger partial charge in [-0.2, -0.15) is 4.57 Å². The summed E-state index contributed by atoms with van der Waals surface area (Å²) in [5.41, 5.74) is 6.10. The van der Waals surface area contributed by atoms with Gasteiger partial charge in [0.05, 0.1) is 26.5 Å². The van der Waals surface area contributed by atoms with Crippen LogP contribution in [0.3, 0.4) is 0 Å². The van der Waals surface area contributed by atoms with E-state index in [4.69, 9.17) is 15.2 Å². The Bertz CT molecular complexity index is 1670. The fourth-order valence-corrected chi connectivity index (χ4v) is 3.98. The van der Waals surface area contributed by atoms with Gasteiger partial charge in [0.1, 0.15) is 17.8 Å². The number of rotatable bonds is 10. The van der Waals surface area contributed by atoms with Crippen LogP contribution in [-0.4, -0.2) is 32.7 Å². The SMILES string of the molecule is CC(OC(=O)c1ccc[n+](CC(N)=O)c1)c1ccccc1[N+](=O)[O-].CC(OC(=O)c1cccnc1)c1ccccc1[N+](=O)[O-].[I-]. The Labute approximate surface area is 274 Å². The summed E-state index contributed by atoms with van der Waals surface area (Å²) in [6.07, 6.45) is 4.43. The van der Waals surface area contributed by atoms with Crippen molar-refractivity contribution in [2.45, 2.75) is 32.6 Å². The molecule has 2 aromatic heterocycles. The van der Waals surface area contributed by atoms with Crippen molar-refractivity contribution in [3.63, 3.8) is 0 Å². The number of amides is 1. The van der Waals surface area contributed by atoms with Gasteiger partial charge in [-0.3, -0.25) is 30.0 Å². The molecule has 0 spiro atoms. The second kappa shape index (κ2) is 17.1. The van der Waals surface area contributed by atoms with Crippen molar-refractivity contribution in [1.29, 1.82) is 0 Å². The Morgan fingerprint density at radius 1 is 0.800 bits per heavy atom. The van der Waals surface area contributed by atoms with E-state index in [9.17, 15) is 34.6 Å². The highest BCUT2D eigenvalue weighted by atomic mass is 127. The number of ether oxygens (including phenoxy) is 2. The first-order chi connectivity index (χ1) is 21.0. The largest absolute Gasteiger partial charge is 1.00 e. The van der Waals surface area contributed by atoms with E-state index in [1.54, 1.807) is 74.8 Å². The van der Waals surface area contributed by atoms with E-state index in [2.05, 4.69) is 4.98 Å². The average Bonchev–Trinajstić information content (AvgIpc) is 3.01. The Balaban J connectivity index is 0.000000311. The first kappa shape index (κ1) is 35.9. The van der Waals surface area contributed by atoms with Crippen molar-refractivity contribution in [2.24, 2.45) is 5.73 Å². The topological polar surface area (TPSA) is 199 Å². The normalized spacial score (nSPS) is 11.3. The van der Waals surface area contributed by atoms with Gasteiger partial charge in [0.25, 0.3) is 17.3 Å². The summed E-state index contributed by atoms with van der Waals surface area (Å²) < 4.78 is 12.0. The number of nitrogens with zero attached hydrogens (tertiary/aromatic N) is 4. The van der Waals surface area contributed by atoms with Crippen LogP contribution in [0.5, 0.6) is 0 Å². The molecule has 2 aromatic carbocycles. The lowest BCUT2D eigenvalue weighted by atomic mass is 10.1. The highest BCUT2D eigenvalue weighted by molar-refractivity contribution is 5.89. The Kier molecular flexibility index (Phi) is 13.6. The molecular weight excluding hydrogens is 701 g/mol. The van der Waals surface area contributed by atoms with E-state index in [-0.39, 0.29) is 47.5 Å². The number of primary amides is 1. The van der Waals surface area contributed by atoms with Gasteiger partial charge in [-0.05, 0) is 44.2 Å². The molecule has 0 saturated heterocycles. The molecule has 2 heterocycles. The molecule has 0 aliphatic heterocycles. The van der Waals surface area contributed by atoms with Crippen molar-refractivity contribution < 1.29 is 62.2 Å². The number of aromatic nitrogens is 2. The molecule has 1 amide bonds. The predicted molar refractivity (Wildman–Crippen MR) is 154 cm³/mol. The number of hydrogen-bond acceptors (Lipinski definition) is 10. The molecule has 0 aliphatic carbocycles. The molecule has 45 heavy (non-hydrogen) atoms. The van der Waals surface area contributed by atoms with Gasteiger partial charge in [-0.1, -0.05) is 24.3 Å². The minimum Gasteiger partial charge on any atom is -1.00 e. The second-order valence-electron chi connectivity index (χ2n) is 9.20. The zero-order chi connectivity index (χ0) is 32.2. The van der Waals surface area contributed by atoms with Gasteiger partial charge in [0.2, 0.25) is 6.54 Å². The van der Waals surface area contributed by atoms with E-state index >= 15 is 0 Å². The molecular formula is C30H28IN5O9. The van der Waals surface area contributed by atoms with Crippen LogP contribution in [0.1, 0.15) is 57.9 Å². The maximum Gasteiger partial charge on any atom is 0.344 e. The average molecular weight is 729 g/mol. The number of halogens is 1. The smallest absolute Gasteiger partial charge is 0.344 e. The summed E-state index contributed by atoms with van der Waals surface area (Å²) in [4.78, 5) is 59.8. The summed E-state index contributed by atoms with van der Waals surface area (Å²) in [6, 6.07) is 18.5. The number of para-hydroxylation sites is 2. The van der Waals surface area contributed by atoms with Gasteiger partial charge in [-0.15, -0.1) is 0 Å². The number of esters is 2.